The molecule has 1 fully saturated rings. The highest BCUT2D eigenvalue weighted by Gasteiger charge is 2.24. The second kappa shape index (κ2) is 6.75. The van der Waals surface area contributed by atoms with Crippen LogP contribution in [0.2, 0.25) is 0 Å². The van der Waals surface area contributed by atoms with Crippen LogP contribution in [0.4, 0.5) is 0 Å². The van der Waals surface area contributed by atoms with Crippen LogP contribution in [0.15, 0.2) is 30.6 Å². The van der Waals surface area contributed by atoms with Crippen molar-refractivity contribution < 1.29 is 4.74 Å². The van der Waals surface area contributed by atoms with Gasteiger partial charge in [0.1, 0.15) is 5.75 Å². The fourth-order valence-electron chi connectivity index (χ4n) is 3.88. The molecule has 1 aliphatic carbocycles. The van der Waals surface area contributed by atoms with Crippen LogP contribution in [0.5, 0.6) is 5.75 Å². The molecule has 4 rings (SSSR count). The molecular formula is C19H25N3O. The number of nitrogens with one attached hydrogen (secondary N) is 2. The van der Waals surface area contributed by atoms with E-state index in [0.29, 0.717) is 5.92 Å². The number of ether oxygens (including phenoxy) is 1. The Balaban J connectivity index is 1.46. The smallest absolute Gasteiger partial charge is 0.119 e. The SMILES string of the molecule is c1cc(OCC2CCCCC2)cc(C2CNCc3[nH]cnc32)c1. The number of aromatic nitrogens is 2. The lowest BCUT2D eigenvalue weighted by Gasteiger charge is -2.24. The quantitative estimate of drug-likeness (QED) is 0.907. The summed E-state index contributed by atoms with van der Waals surface area (Å²) in [7, 11) is 0. The molecule has 1 aromatic carbocycles. The Labute approximate surface area is 137 Å². The summed E-state index contributed by atoms with van der Waals surface area (Å²) in [6, 6.07) is 8.56. The van der Waals surface area contributed by atoms with Crippen molar-refractivity contribution in [3.63, 3.8) is 0 Å². The molecule has 0 bridgehead atoms. The first-order valence-electron chi connectivity index (χ1n) is 8.86. The second-order valence-corrected chi connectivity index (χ2v) is 6.84. The molecule has 1 aliphatic heterocycles. The summed E-state index contributed by atoms with van der Waals surface area (Å²) in [5, 5.41) is 3.47. The topological polar surface area (TPSA) is 49.9 Å². The Hall–Kier alpha value is -1.81. The molecule has 2 aromatic rings. The summed E-state index contributed by atoms with van der Waals surface area (Å²) >= 11 is 0. The third-order valence-corrected chi connectivity index (χ3v) is 5.20. The predicted octanol–water partition coefficient (Wildman–Crippen LogP) is 3.60. The Morgan fingerprint density at radius 1 is 1.17 bits per heavy atom. The molecule has 122 valence electrons. The predicted molar refractivity (Wildman–Crippen MR) is 90.6 cm³/mol. The van der Waals surface area contributed by atoms with Gasteiger partial charge in [0.05, 0.1) is 24.3 Å². The molecule has 1 aromatic heterocycles. The number of rotatable bonds is 4. The van der Waals surface area contributed by atoms with E-state index in [1.165, 1.54) is 49.1 Å². The molecule has 1 unspecified atom stereocenters. The van der Waals surface area contributed by atoms with E-state index in [2.05, 4.69) is 39.6 Å². The first-order valence-corrected chi connectivity index (χ1v) is 8.86. The highest BCUT2D eigenvalue weighted by Crippen LogP contribution is 2.30. The Kier molecular flexibility index (Phi) is 4.33. The van der Waals surface area contributed by atoms with Crippen LogP contribution >= 0.6 is 0 Å². The summed E-state index contributed by atoms with van der Waals surface area (Å²) < 4.78 is 6.10. The number of benzene rings is 1. The van der Waals surface area contributed by atoms with E-state index in [-0.39, 0.29) is 0 Å². The van der Waals surface area contributed by atoms with Gasteiger partial charge in [0, 0.05) is 19.0 Å². The number of hydrogen-bond acceptors (Lipinski definition) is 3. The molecule has 2 heterocycles. The Morgan fingerprint density at radius 2 is 2.09 bits per heavy atom. The zero-order chi connectivity index (χ0) is 15.5. The molecule has 0 radical (unpaired) electrons. The van der Waals surface area contributed by atoms with Crippen LogP contribution in [-0.2, 0) is 6.54 Å². The minimum atomic E-state index is 0.309. The van der Waals surface area contributed by atoms with Gasteiger partial charge in [0.25, 0.3) is 0 Å². The van der Waals surface area contributed by atoms with E-state index in [1.807, 2.05) is 0 Å². The molecule has 23 heavy (non-hydrogen) atoms. The van der Waals surface area contributed by atoms with Crippen LogP contribution in [0, 0.1) is 5.92 Å². The molecule has 1 saturated carbocycles. The van der Waals surface area contributed by atoms with Crippen molar-refractivity contribution in [3.05, 3.63) is 47.5 Å². The summed E-state index contributed by atoms with van der Waals surface area (Å²) in [5.41, 5.74) is 3.66. The standard InChI is InChI=1S/C19H25N3O/c1-2-5-14(6-3-1)12-23-16-8-4-7-15(9-16)17-10-20-11-18-19(17)22-13-21-18/h4,7-9,13-14,17,20H,1-3,5-6,10-12H2,(H,21,22). The van der Waals surface area contributed by atoms with Crippen molar-refractivity contribution >= 4 is 0 Å². The maximum Gasteiger partial charge on any atom is 0.119 e. The van der Waals surface area contributed by atoms with Crippen LogP contribution in [-0.4, -0.2) is 23.1 Å². The third kappa shape index (κ3) is 3.27. The van der Waals surface area contributed by atoms with E-state index >= 15 is 0 Å². The van der Waals surface area contributed by atoms with E-state index in [0.717, 1.165) is 31.4 Å². The zero-order valence-electron chi connectivity index (χ0n) is 13.6. The molecular weight excluding hydrogens is 286 g/mol. The first-order chi connectivity index (χ1) is 11.4. The summed E-state index contributed by atoms with van der Waals surface area (Å²) in [6.07, 6.45) is 8.57. The fourth-order valence-corrected chi connectivity index (χ4v) is 3.88. The van der Waals surface area contributed by atoms with Gasteiger partial charge in [-0.3, -0.25) is 0 Å². The molecule has 4 nitrogen and oxygen atoms in total. The Bertz CT molecular complexity index is 646. The van der Waals surface area contributed by atoms with Crippen molar-refractivity contribution in [3.8, 4) is 5.75 Å². The number of nitrogens with zero attached hydrogens (tertiary/aromatic N) is 1. The van der Waals surface area contributed by atoms with E-state index in [1.54, 1.807) is 6.33 Å². The van der Waals surface area contributed by atoms with Gasteiger partial charge in [-0.1, -0.05) is 31.4 Å². The van der Waals surface area contributed by atoms with Crippen molar-refractivity contribution in [2.75, 3.05) is 13.2 Å². The maximum absolute atomic E-state index is 6.10. The van der Waals surface area contributed by atoms with Gasteiger partial charge in [-0.15, -0.1) is 0 Å². The lowest BCUT2D eigenvalue weighted by Crippen LogP contribution is -2.28. The third-order valence-electron chi connectivity index (χ3n) is 5.20. The van der Waals surface area contributed by atoms with Crippen molar-refractivity contribution in [1.29, 1.82) is 0 Å². The van der Waals surface area contributed by atoms with E-state index < -0.39 is 0 Å². The van der Waals surface area contributed by atoms with Gasteiger partial charge in [-0.2, -0.15) is 0 Å². The minimum absolute atomic E-state index is 0.309. The van der Waals surface area contributed by atoms with Gasteiger partial charge < -0.3 is 15.0 Å². The van der Waals surface area contributed by atoms with E-state index in [4.69, 9.17) is 4.74 Å². The number of hydrogen-bond donors (Lipinski definition) is 2. The second-order valence-electron chi connectivity index (χ2n) is 6.84. The first kappa shape index (κ1) is 14.8. The average molecular weight is 311 g/mol. The molecule has 0 spiro atoms. The maximum atomic E-state index is 6.10. The molecule has 2 aliphatic rings. The van der Waals surface area contributed by atoms with Gasteiger partial charge >= 0.3 is 0 Å². The highest BCUT2D eigenvalue weighted by atomic mass is 16.5. The van der Waals surface area contributed by atoms with Crippen molar-refractivity contribution in [2.24, 2.45) is 5.92 Å². The van der Waals surface area contributed by atoms with Crippen molar-refractivity contribution in [1.82, 2.24) is 15.3 Å². The van der Waals surface area contributed by atoms with Gasteiger partial charge in [0.15, 0.2) is 0 Å². The highest BCUT2D eigenvalue weighted by molar-refractivity contribution is 5.37. The van der Waals surface area contributed by atoms with Gasteiger partial charge in [-0.05, 0) is 36.5 Å². The lowest BCUT2D eigenvalue weighted by molar-refractivity contribution is 0.208. The number of imidazole rings is 1. The van der Waals surface area contributed by atoms with E-state index in [9.17, 15) is 0 Å². The zero-order valence-corrected chi connectivity index (χ0v) is 13.6. The van der Waals surface area contributed by atoms with Crippen LogP contribution in [0.25, 0.3) is 0 Å². The summed E-state index contributed by atoms with van der Waals surface area (Å²) in [4.78, 5) is 7.76. The van der Waals surface area contributed by atoms with Crippen LogP contribution in [0.3, 0.4) is 0 Å². The normalized spacial score (nSPS) is 21.8. The van der Waals surface area contributed by atoms with Crippen LogP contribution in [0.1, 0.15) is 55.0 Å². The minimum Gasteiger partial charge on any atom is -0.493 e. The average Bonchev–Trinajstić information content (AvgIpc) is 3.10. The number of fused-ring (bicyclic) bond motifs is 1. The van der Waals surface area contributed by atoms with Crippen molar-refractivity contribution in [2.45, 2.75) is 44.6 Å². The van der Waals surface area contributed by atoms with Gasteiger partial charge in [-0.25, -0.2) is 4.98 Å². The van der Waals surface area contributed by atoms with Gasteiger partial charge in [0.2, 0.25) is 0 Å². The lowest BCUT2D eigenvalue weighted by atomic mass is 9.90. The molecule has 4 heteroatoms. The number of aromatic amines is 1. The summed E-state index contributed by atoms with van der Waals surface area (Å²) in [5.74, 6) is 2.04. The molecule has 1 atom stereocenters. The monoisotopic (exact) mass is 311 g/mol. The molecule has 0 saturated heterocycles. The largest absolute Gasteiger partial charge is 0.493 e. The number of H-pyrrole nitrogens is 1. The molecule has 2 N–H and O–H groups in total. The molecule has 0 amide bonds. The Morgan fingerprint density at radius 3 is 3.00 bits per heavy atom. The fraction of sp³-hybridized carbons (Fsp3) is 0.526. The van der Waals surface area contributed by atoms with Crippen LogP contribution < -0.4 is 10.1 Å². The summed E-state index contributed by atoms with van der Waals surface area (Å²) in [6.45, 7) is 2.67.